The Morgan fingerprint density at radius 3 is 2.08 bits per heavy atom. The maximum atomic E-state index is 13.8. The number of piperidine rings is 1. The third-order valence-corrected chi connectivity index (χ3v) is 9.29. The monoisotopic (exact) mass is 507 g/mol. The van der Waals surface area contributed by atoms with E-state index in [4.69, 9.17) is 0 Å². The summed E-state index contributed by atoms with van der Waals surface area (Å²) in [6.07, 6.45) is 5.56. The number of likely N-dealkylation sites (tertiary alicyclic amines) is 2. The summed E-state index contributed by atoms with van der Waals surface area (Å²) in [6, 6.07) is 32.2. The van der Waals surface area contributed by atoms with Gasteiger partial charge in [-0.1, -0.05) is 85.3 Å². The van der Waals surface area contributed by atoms with Gasteiger partial charge in [-0.05, 0) is 61.4 Å². The zero-order chi connectivity index (χ0) is 25.8. The van der Waals surface area contributed by atoms with Crippen molar-refractivity contribution in [2.45, 2.75) is 38.6 Å². The van der Waals surface area contributed by atoms with Crippen LogP contribution in [-0.2, 0) is 17.8 Å². The number of anilines is 1. The van der Waals surface area contributed by atoms with Gasteiger partial charge in [0.05, 0.1) is 0 Å². The van der Waals surface area contributed by atoms with Crippen LogP contribution in [0.3, 0.4) is 0 Å². The lowest BCUT2D eigenvalue weighted by Crippen LogP contribution is -2.56. The van der Waals surface area contributed by atoms with Crippen molar-refractivity contribution in [1.82, 2.24) is 9.80 Å². The quantitative estimate of drug-likeness (QED) is 0.362. The minimum absolute atomic E-state index is 0.0823. The lowest BCUT2D eigenvalue weighted by atomic mass is 9.72. The molecule has 2 unspecified atom stereocenters. The summed E-state index contributed by atoms with van der Waals surface area (Å²) in [7, 11) is 0. The van der Waals surface area contributed by atoms with E-state index in [-0.39, 0.29) is 11.3 Å². The summed E-state index contributed by atoms with van der Waals surface area (Å²) < 4.78 is 0. The average molecular weight is 508 g/mol. The molecular weight excluding hydrogens is 466 g/mol. The molecule has 3 fully saturated rings. The second-order valence-corrected chi connectivity index (χ2v) is 11.9. The molecule has 2 atom stereocenters. The van der Waals surface area contributed by atoms with E-state index in [9.17, 15) is 4.79 Å². The molecule has 4 nitrogen and oxygen atoms in total. The van der Waals surface area contributed by atoms with Crippen LogP contribution in [0.1, 0.15) is 36.8 Å². The first-order valence-corrected chi connectivity index (χ1v) is 14.6. The minimum atomic E-state index is 0.0823. The van der Waals surface area contributed by atoms with Crippen LogP contribution in [-0.4, -0.2) is 55.0 Å². The minimum Gasteiger partial charge on any atom is -0.312 e. The highest BCUT2D eigenvalue weighted by atomic mass is 16.2. The molecule has 2 heterocycles. The van der Waals surface area contributed by atoms with Crippen molar-refractivity contribution in [2.75, 3.05) is 44.2 Å². The van der Waals surface area contributed by atoms with E-state index in [0.29, 0.717) is 11.8 Å². The first-order chi connectivity index (χ1) is 18.7. The largest absolute Gasteiger partial charge is 0.312 e. The fourth-order valence-electron chi connectivity index (χ4n) is 6.99. The Bertz CT molecular complexity index is 1180. The molecule has 2 saturated heterocycles. The molecule has 2 aliphatic heterocycles. The Balaban J connectivity index is 1.26. The molecule has 1 aliphatic carbocycles. The molecule has 6 rings (SSSR count). The maximum Gasteiger partial charge on any atom is 0.230 e. The van der Waals surface area contributed by atoms with E-state index in [1.165, 1.54) is 24.0 Å². The average Bonchev–Trinajstić information content (AvgIpc) is 3.28. The van der Waals surface area contributed by atoms with Gasteiger partial charge >= 0.3 is 0 Å². The van der Waals surface area contributed by atoms with Crippen LogP contribution in [0.2, 0.25) is 0 Å². The molecule has 0 radical (unpaired) electrons. The number of hydrogen-bond acceptors (Lipinski definition) is 3. The van der Waals surface area contributed by atoms with E-state index in [2.05, 4.69) is 106 Å². The van der Waals surface area contributed by atoms with Gasteiger partial charge in [0.15, 0.2) is 0 Å². The topological polar surface area (TPSA) is 26.8 Å². The number of rotatable bonds is 9. The Hall–Kier alpha value is -2.95. The predicted molar refractivity (Wildman–Crippen MR) is 155 cm³/mol. The van der Waals surface area contributed by atoms with Gasteiger partial charge < -0.3 is 9.80 Å². The molecule has 3 aromatic carbocycles. The van der Waals surface area contributed by atoms with Gasteiger partial charge in [-0.2, -0.15) is 0 Å². The van der Waals surface area contributed by atoms with E-state index in [1.54, 1.807) is 0 Å². The standard InChI is InChI=1S/C34H41N3O/c38-33(30-15-10-16-30)37(32-17-8-3-9-18-32)27-34-25-35(21-19-28-11-4-1-5-12-28)22-20-31(34)24-36(26-34)23-29-13-6-2-7-14-29/h1-9,11-14,17-18,30-31H,10,15-16,19-27H2. The number of carbonyl (C=O) groups is 1. The molecule has 3 aliphatic rings. The van der Waals surface area contributed by atoms with Gasteiger partial charge in [0.1, 0.15) is 0 Å². The smallest absolute Gasteiger partial charge is 0.230 e. The van der Waals surface area contributed by atoms with Gasteiger partial charge in [-0.15, -0.1) is 0 Å². The fourth-order valence-corrected chi connectivity index (χ4v) is 6.99. The zero-order valence-electron chi connectivity index (χ0n) is 22.6. The normalized spacial score (nSPS) is 24.1. The molecule has 1 amide bonds. The van der Waals surface area contributed by atoms with E-state index in [0.717, 1.165) is 70.8 Å². The van der Waals surface area contributed by atoms with Crippen LogP contribution in [0.25, 0.3) is 0 Å². The number of fused-ring (bicyclic) bond motifs is 1. The SMILES string of the molecule is O=C(C1CCC1)N(CC12CN(CCc3ccccc3)CCC1CN(Cc1ccccc1)C2)c1ccccc1. The van der Waals surface area contributed by atoms with Gasteiger partial charge in [0.2, 0.25) is 5.91 Å². The third kappa shape index (κ3) is 5.57. The van der Waals surface area contributed by atoms with Gasteiger partial charge in [0, 0.05) is 56.3 Å². The van der Waals surface area contributed by atoms with Crippen molar-refractivity contribution in [1.29, 1.82) is 0 Å². The van der Waals surface area contributed by atoms with Crippen LogP contribution in [0.4, 0.5) is 5.69 Å². The van der Waals surface area contributed by atoms with Crippen LogP contribution in [0.15, 0.2) is 91.0 Å². The summed E-state index contributed by atoms with van der Waals surface area (Å²) in [5.41, 5.74) is 3.94. The summed E-state index contributed by atoms with van der Waals surface area (Å²) >= 11 is 0. The molecule has 38 heavy (non-hydrogen) atoms. The second-order valence-electron chi connectivity index (χ2n) is 11.9. The first-order valence-electron chi connectivity index (χ1n) is 14.6. The molecular formula is C34H41N3O. The summed E-state index contributed by atoms with van der Waals surface area (Å²) in [5, 5.41) is 0. The zero-order valence-corrected chi connectivity index (χ0v) is 22.6. The highest BCUT2D eigenvalue weighted by Crippen LogP contribution is 2.45. The summed E-state index contributed by atoms with van der Waals surface area (Å²) in [5.74, 6) is 1.16. The molecule has 0 bridgehead atoms. The van der Waals surface area contributed by atoms with Crippen molar-refractivity contribution in [3.63, 3.8) is 0 Å². The number of para-hydroxylation sites is 1. The van der Waals surface area contributed by atoms with Crippen LogP contribution < -0.4 is 4.90 Å². The van der Waals surface area contributed by atoms with E-state index in [1.807, 2.05) is 0 Å². The van der Waals surface area contributed by atoms with Crippen LogP contribution >= 0.6 is 0 Å². The van der Waals surface area contributed by atoms with Gasteiger partial charge in [-0.3, -0.25) is 9.69 Å². The number of benzene rings is 3. The molecule has 4 heteroatoms. The maximum absolute atomic E-state index is 13.8. The summed E-state index contributed by atoms with van der Waals surface area (Å²) in [6.45, 7) is 7.29. The van der Waals surface area contributed by atoms with Crippen LogP contribution in [0, 0.1) is 17.3 Å². The number of carbonyl (C=O) groups excluding carboxylic acids is 1. The Kier molecular flexibility index (Phi) is 7.62. The highest BCUT2D eigenvalue weighted by molar-refractivity contribution is 5.95. The second kappa shape index (κ2) is 11.4. The number of nitrogens with zero attached hydrogens (tertiary/aromatic N) is 3. The number of amides is 1. The molecule has 198 valence electrons. The fraction of sp³-hybridized carbons (Fsp3) is 0.441. The number of hydrogen-bond donors (Lipinski definition) is 0. The summed E-state index contributed by atoms with van der Waals surface area (Å²) in [4.78, 5) is 21.4. The molecule has 0 spiro atoms. The van der Waals surface area contributed by atoms with Crippen molar-refractivity contribution in [3.8, 4) is 0 Å². The molecule has 1 saturated carbocycles. The van der Waals surface area contributed by atoms with Crippen LogP contribution in [0.5, 0.6) is 0 Å². The first kappa shape index (κ1) is 25.3. The van der Waals surface area contributed by atoms with Gasteiger partial charge in [-0.25, -0.2) is 0 Å². The Morgan fingerprint density at radius 2 is 1.42 bits per heavy atom. The Labute approximate surface area is 228 Å². The predicted octanol–water partition coefficient (Wildman–Crippen LogP) is 5.89. The Morgan fingerprint density at radius 1 is 0.789 bits per heavy atom. The molecule has 0 N–H and O–H groups in total. The third-order valence-electron chi connectivity index (χ3n) is 9.29. The van der Waals surface area contributed by atoms with Crippen molar-refractivity contribution < 1.29 is 4.79 Å². The van der Waals surface area contributed by atoms with E-state index < -0.39 is 0 Å². The van der Waals surface area contributed by atoms with Gasteiger partial charge in [0.25, 0.3) is 0 Å². The van der Waals surface area contributed by atoms with E-state index >= 15 is 0 Å². The van der Waals surface area contributed by atoms with Crippen molar-refractivity contribution in [3.05, 3.63) is 102 Å². The highest BCUT2D eigenvalue weighted by Gasteiger charge is 2.51. The molecule has 0 aromatic heterocycles. The lowest BCUT2D eigenvalue weighted by molar-refractivity contribution is -0.125. The van der Waals surface area contributed by atoms with Crippen molar-refractivity contribution >= 4 is 11.6 Å². The lowest BCUT2D eigenvalue weighted by Gasteiger charge is -2.47. The molecule has 3 aromatic rings. The van der Waals surface area contributed by atoms with Crippen molar-refractivity contribution in [2.24, 2.45) is 17.3 Å².